The van der Waals surface area contributed by atoms with Gasteiger partial charge in [-0.2, -0.15) is 4.31 Å². The van der Waals surface area contributed by atoms with Gasteiger partial charge in [0.1, 0.15) is 16.4 Å². The first-order valence-corrected chi connectivity index (χ1v) is 11.0. The van der Waals surface area contributed by atoms with Gasteiger partial charge >= 0.3 is 0 Å². The summed E-state index contributed by atoms with van der Waals surface area (Å²) >= 11 is 0. The van der Waals surface area contributed by atoms with E-state index in [0.717, 1.165) is 0 Å². The van der Waals surface area contributed by atoms with Crippen LogP contribution in [0.3, 0.4) is 0 Å². The van der Waals surface area contributed by atoms with Crippen LogP contribution in [0.5, 0.6) is 11.5 Å². The molecule has 0 unspecified atom stereocenters. The molecule has 2 rings (SSSR count). The summed E-state index contributed by atoms with van der Waals surface area (Å²) < 4.78 is 62.0. The Bertz CT molecular complexity index is 838. The molecule has 0 aromatic heterocycles. The van der Waals surface area contributed by atoms with Gasteiger partial charge in [-0.1, -0.05) is 0 Å². The van der Waals surface area contributed by atoms with Crippen LogP contribution in [0.4, 0.5) is 0 Å². The molecular weight excluding hydrogens is 368 g/mol. The monoisotopic (exact) mass is 392 g/mol. The van der Waals surface area contributed by atoms with Gasteiger partial charge in [-0.25, -0.2) is 16.8 Å². The van der Waals surface area contributed by atoms with Gasteiger partial charge in [0, 0.05) is 24.7 Å². The van der Waals surface area contributed by atoms with E-state index in [0.29, 0.717) is 5.75 Å². The van der Waals surface area contributed by atoms with Gasteiger partial charge in [-0.3, -0.25) is 0 Å². The Morgan fingerprint density at radius 2 is 1.96 bits per heavy atom. The van der Waals surface area contributed by atoms with E-state index in [1.807, 2.05) is 0 Å². The third-order valence-electron chi connectivity index (χ3n) is 4.36. The van der Waals surface area contributed by atoms with Crippen molar-refractivity contribution in [2.75, 3.05) is 38.8 Å². The number of hydrogen-bond acceptors (Lipinski definition) is 7. The molecule has 142 valence electrons. The number of sulfone groups is 1. The molecular formula is C15H24N2O6S2. The fraction of sp³-hybridized carbons (Fsp3) is 0.600. The first-order chi connectivity index (χ1) is 11.6. The van der Waals surface area contributed by atoms with Crippen molar-refractivity contribution in [1.29, 1.82) is 0 Å². The summed E-state index contributed by atoms with van der Waals surface area (Å²) in [6, 6.07) is 4.46. The second kappa shape index (κ2) is 7.10. The van der Waals surface area contributed by atoms with Gasteiger partial charge in [0.25, 0.3) is 0 Å². The maximum atomic E-state index is 13.3. The Kier molecular flexibility index (Phi) is 5.67. The van der Waals surface area contributed by atoms with Crippen LogP contribution in [0.25, 0.3) is 0 Å². The summed E-state index contributed by atoms with van der Waals surface area (Å²) in [7, 11) is -4.54. The van der Waals surface area contributed by atoms with E-state index in [-0.39, 0.29) is 41.7 Å². The van der Waals surface area contributed by atoms with Gasteiger partial charge in [-0.05, 0) is 25.5 Å². The highest BCUT2D eigenvalue weighted by molar-refractivity contribution is 7.92. The summed E-state index contributed by atoms with van der Waals surface area (Å²) in [5.74, 6) is 0.240. The number of sulfonamides is 1. The Balaban J connectivity index is 2.58. The van der Waals surface area contributed by atoms with Crippen LogP contribution in [-0.2, 0) is 19.9 Å². The fourth-order valence-corrected chi connectivity index (χ4v) is 7.31. The molecule has 1 aliphatic rings. The average Bonchev–Trinajstić information content (AvgIpc) is 2.85. The van der Waals surface area contributed by atoms with E-state index in [1.165, 1.54) is 30.7 Å². The maximum Gasteiger partial charge on any atom is 0.247 e. The molecule has 0 spiro atoms. The van der Waals surface area contributed by atoms with Crippen LogP contribution < -0.4 is 15.2 Å². The lowest BCUT2D eigenvalue weighted by atomic mass is 10.0. The van der Waals surface area contributed by atoms with E-state index in [2.05, 4.69) is 0 Å². The van der Waals surface area contributed by atoms with Crippen molar-refractivity contribution in [2.24, 2.45) is 5.73 Å². The quantitative estimate of drug-likeness (QED) is 0.706. The molecule has 0 bridgehead atoms. The molecule has 10 heteroatoms. The largest absolute Gasteiger partial charge is 0.497 e. The van der Waals surface area contributed by atoms with Crippen LogP contribution in [0.15, 0.2) is 23.1 Å². The highest BCUT2D eigenvalue weighted by atomic mass is 32.2. The number of nitrogens with two attached hydrogens (primary N) is 1. The molecule has 8 nitrogen and oxygen atoms in total. The van der Waals surface area contributed by atoms with Crippen molar-refractivity contribution in [3.8, 4) is 11.5 Å². The molecule has 25 heavy (non-hydrogen) atoms. The van der Waals surface area contributed by atoms with Crippen LogP contribution in [0.2, 0.25) is 0 Å². The molecule has 1 aliphatic heterocycles. The number of benzene rings is 1. The first-order valence-electron chi connectivity index (χ1n) is 7.75. The zero-order chi connectivity index (χ0) is 18.9. The van der Waals surface area contributed by atoms with Crippen molar-refractivity contribution in [3.05, 3.63) is 18.2 Å². The highest BCUT2D eigenvalue weighted by Gasteiger charge is 2.48. The minimum atomic E-state index is -4.05. The molecule has 2 N–H and O–H groups in total. The van der Waals surface area contributed by atoms with Gasteiger partial charge in [0.2, 0.25) is 10.0 Å². The molecule has 0 aliphatic carbocycles. The van der Waals surface area contributed by atoms with Crippen LogP contribution in [-0.4, -0.2) is 65.5 Å². The minimum Gasteiger partial charge on any atom is -0.497 e. The second-order valence-electron chi connectivity index (χ2n) is 6.22. The number of hydrogen-bond donors (Lipinski definition) is 1. The number of methoxy groups -OCH3 is 2. The topological polar surface area (TPSA) is 116 Å². The third kappa shape index (κ3) is 3.91. The summed E-state index contributed by atoms with van der Waals surface area (Å²) in [6.07, 6.45) is 0.223. The van der Waals surface area contributed by atoms with Crippen LogP contribution in [0, 0.1) is 0 Å². The summed E-state index contributed by atoms with van der Waals surface area (Å²) in [5.41, 5.74) is 4.56. The van der Waals surface area contributed by atoms with Gasteiger partial charge in [0.15, 0.2) is 9.84 Å². The fourth-order valence-electron chi connectivity index (χ4n) is 3.09. The second-order valence-corrected chi connectivity index (χ2v) is 10.2. The molecule has 1 heterocycles. The lowest BCUT2D eigenvalue weighted by Crippen LogP contribution is -2.52. The predicted octanol–water partition coefficient (Wildman–Crippen LogP) is 0.230. The summed E-state index contributed by atoms with van der Waals surface area (Å²) in [4.78, 5) is -0.0756. The predicted molar refractivity (Wildman–Crippen MR) is 94.2 cm³/mol. The van der Waals surface area contributed by atoms with Crippen LogP contribution in [0.1, 0.15) is 13.3 Å². The molecule has 1 saturated heterocycles. The zero-order valence-electron chi connectivity index (χ0n) is 14.6. The first kappa shape index (κ1) is 20.0. The third-order valence-corrected chi connectivity index (χ3v) is 8.32. The standard InChI is InChI=1S/C15H24N2O6S2/c1-15(6-9-24(18,19)11-15)17(8-7-16)25(20,21)14-10-12(22-2)4-5-13(14)23-3/h4-5,10H,6-9,11,16H2,1-3H3/t15-/m0/s1. The summed E-state index contributed by atoms with van der Waals surface area (Å²) in [5, 5.41) is 0. The normalized spacial score (nSPS) is 22.9. The summed E-state index contributed by atoms with van der Waals surface area (Å²) in [6.45, 7) is 1.72. The van der Waals surface area contributed by atoms with E-state index >= 15 is 0 Å². The van der Waals surface area contributed by atoms with Crippen molar-refractivity contribution in [2.45, 2.75) is 23.8 Å². The minimum absolute atomic E-state index is 0.00865. The number of nitrogens with zero attached hydrogens (tertiary/aromatic N) is 1. The van der Waals surface area contributed by atoms with E-state index in [9.17, 15) is 16.8 Å². The Labute approximate surface area is 148 Å². The number of ether oxygens (including phenoxy) is 2. The number of rotatable bonds is 7. The Hall–Kier alpha value is -1.36. The van der Waals surface area contributed by atoms with Crippen molar-refractivity contribution in [3.63, 3.8) is 0 Å². The highest BCUT2D eigenvalue weighted by Crippen LogP contribution is 2.37. The van der Waals surface area contributed by atoms with Gasteiger partial charge in [-0.15, -0.1) is 0 Å². The van der Waals surface area contributed by atoms with Gasteiger partial charge < -0.3 is 15.2 Å². The van der Waals surface area contributed by atoms with Crippen molar-refractivity contribution < 1.29 is 26.3 Å². The Morgan fingerprint density at radius 3 is 2.44 bits per heavy atom. The zero-order valence-corrected chi connectivity index (χ0v) is 16.2. The molecule has 1 atom stereocenters. The maximum absolute atomic E-state index is 13.3. The van der Waals surface area contributed by atoms with Gasteiger partial charge in [0.05, 0.1) is 25.7 Å². The average molecular weight is 392 g/mol. The lowest BCUT2D eigenvalue weighted by molar-refractivity contribution is 0.237. The molecule has 1 aromatic carbocycles. The SMILES string of the molecule is COc1ccc(OC)c(S(=O)(=O)N(CCN)[C@@]2(C)CCS(=O)(=O)C2)c1. The van der Waals surface area contributed by atoms with Crippen LogP contribution >= 0.6 is 0 Å². The molecule has 1 fully saturated rings. The van der Waals surface area contributed by atoms with Crippen molar-refractivity contribution in [1.82, 2.24) is 4.31 Å². The van der Waals surface area contributed by atoms with E-state index < -0.39 is 25.4 Å². The molecule has 0 radical (unpaired) electrons. The molecule has 0 saturated carbocycles. The molecule has 0 amide bonds. The van der Waals surface area contributed by atoms with E-state index in [1.54, 1.807) is 13.0 Å². The van der Waals surface area contributed by atoms with Crippen molar-refractivity contribution >= 4 is 19.9 Å². The smallest absolute Gasteiger partial charge is 0.247 e. The lowest BCUT2D eigenvalue weighted by Gasteiger charge is -2.36. The van der Waals surface area contributed by atoms with E-state index in [4.69, 9.17) is 15.2 Å². The Morgan fingerprint density at radius 1 is 1.28 bits per heavy atom. The molecule has 1 aromatic rings.